The van der Waals surface area contributed by atoms with Crippen LogP contribution in [-0.4, -0.2) is 36.5 Å². The van der Waals surface area contributed by atoms with Crippen LogP contribution < -0.4 is 5.32 Å². The number of hydrogen-bond donors (Lipinski definition) is 1. The van der Waals surface area contributed by atoms with Gasteiger partial charge < -0.3 is 10.2 Å². The van der Waals surface area contributed by atoms with Crippen LogP contribution in [0.3, 0.4) is 0 Å². The first-order chi connectivity index (χ1) is 8.66. The van der Waals surface area contributed by atoms with Gasteiger partial charge in [-0.05, 0) is 31.0 Å². The number of benzene rings is 1. The second-order valence-electron chi connectivity index (χ2n) is 4.77. The Kier molecular flexibility index (Phi) is 6.25. The molecule has 0 spiro atoms. The first-order valence-corrected chi connectivity index (χ1v) is 6.41. The molecule has 1 aromatic carbocycles. The van der Waals surface area contributed by atoms with E-state index in [9.17, 15) is 9.18 Å². The molecule has 1 N–H and O–H groups in total. The first kappa shape index (κ1) is 15.9. The number of carbonyl (C=O) groups excluding carboxylic acids is 1. The van der Waals surface area contributed by atoms with E-state index in [1.165, 1.54) is 12.1 Å². The first-order valence-electron chi connectivity index (χ1n) is 6.41. The summed E-state index contributed by atoms with van der Waals surface area (Å²) < 4.78 is 12.7. The Morgan fingerprint density at radius 1 is 1.42 bits per heavy atom. The van der Waals surface area contributed by atoms with Crippen molar-refractivity contribution in [3.05, 3.63) is 35.6 Å². The van der Waals surface area contributed by atoms with Gasteiger partial charge in [-0.15, -0.1) is 12.4 Å². The lowest BCUT2D eigenvalue weighted by atomic mass is 10.1. The lowest BCUT2D eigenvalue weighted by Gasteiger charge is -2.34. The Morgan fingerprint density at radius 2 is 2.11 bits per heavy atom. The molecule has 0 unspecified atom stereocenters. The summed E-state index contributed by atoms with van der Waals surface area (Å²) in [7, 11) is 0. The quantitative estimate of drug-likeness (QED) is 0.922. The fourth-order valence-corrected chi connectivity index (χ4v) is 2.26. The molecule has 0 radical (unpaired) electrons. The highest BCUT2D eigenvalue weighted by Gasteiger charge is 2.22. The van der Waals surface area contributed by atoms with Gasteiger partial charge in [0.05, 0.1) is 0 Å². The molecule has 2 rings (SSSR count). The van der Waals surface area contributed by atoms with Gasteiger partial charge in [-0.1, -0.05) is 12.1 Å². The smallest absolute Gasteiger partial charge is 0.223 e. The van der Waals surface area contributed by atoms with Crippen molar-refractivity contribution >= 4 is 18.3 Å². The molecule has 0 saturated carbocycles. The number of halogens is 2. The van der Waals surface area contributed by atoms with Crippen LogP contribution in [0, 0.1) is 5.82 Å². The summed E-state index contributed by atoms with van der Waals surface area (Å²) in [5, 5.41) is 3.26. The largest absolute Gasteiger partial charge is 0.337 e. The Hall–Kier alpha value is -1.13. The van der Waals surface area contributed by atoms with Crippen molar-refractivity contribution in [3.63, 3.8) is 0 Å². The molecule has 19 heavy (non-hydrogen) atoms. The van der Waals surface area contributed by atoms with E-state index < -0.39 is 0 Å². The van der Waals surface area contributed by atoms with E-state index in [0.717, 1.165) is 25.2 Å². The van der Waals surface area contributed by atoms with Crippen LogP contribution in [0.5, 0.6) is 0 Å². The van der Waals surface area contributed by atoms with Gasteiger partial charge >= 0.3 is 0 Å². The SMILES string of the molecule is C[C@@H]1CNCCN1C(=O)CCc1ccc(F)cc1.Cl. The molecule has 1 amide bonds. The summed E-state index contributed by atoms with van der Waals surface area (Å²) in [5.41, 5.74) is 1.01. The van der Waals surface area contributed by atoms with Crippen LogP contribution in [0.4, 0.5) is 4.39 Å². The lowest BCUT2D eigenvalue weighted by molar-refractivity contribution is -0.133. The Labute approximate surface area is 119 Å². The second kappa shape index (κ2) is 7.46. The number of aryl methyl sites for hydroxylation is 1. The zero-order valence-electron chi connectivity index (χ0n) is 11.1. The molecule has 1 atom stereocenters. The molecule has 1 fully saturated rings. The Morgan fingerprint density at radius 3 is 2.74 bits per heavy atom. The average Bonchev–Trinajstić information content (AvgIpc) is 2.38. The molecule has 1 heterocycles. The van der Waals surface area contributed by atoms with Gasteiger partial charge in [0.1, 0.15) is 5.82 Å². The van der Waals surface area contributed by atoms with E-state index in [4.69, 9.17) is 0 Å². The van der Waals surface area contributed by atoms with Crippen LogP contribution in [0.15, 0.2) is 24.3 Å². The van der Waals surface area contributed by atoms with Crippen LogP contribution >= 0.6 is 12.4 Å². The Balaban J connectivity index is 0.00000180. The number of nitrogens with zero attached hydrogens (tertiary/aromatic N) is 1. The summed E-state index contributed by atoms with van der Waals surface area (Å²) in [6.45, 7) is 4.57. The summed E-state index contributed by atoms with van der Waals surface area (Å²) >= 11 is 0. The van der Waals surface area contributed by atoms with Crippen molar-refractivity contribution in [3.8, 4) is 0 Å². The van der Waals surface area contributed by atoms with Crippen molar-refractivity contribution in [2.24, 2.45) is 0 Å². The molecule has 0 aromatic heterocycles. The zero-order chi connectivity index (χ0) is 13.0. The second-order valence-corrected chi connectivity index (χ2v) is 4.77. The maximum absolute atomic E-state index is 12.7. The van der Waals surface area contributed by atoms with Gasteiger partial charge in [-0.2, -0.15) is 0 Å². The van der Waals surface area contributed by atoms with Gasteiger partial charge in [0.15, 0.2) is 0 Å². The van der Waals surface area contributed by atoms with E-state index >= 15 is 0 Å². The maximum atomic E-state index is 12.7. The van der Waals surface area contributed by atoms with E-state index in [2.05, 4.69) is 12.2 Å². The highest BCUT2D eigenvalue weighted by atomic mass is 35.5. The minimum atomic E-state index is -0.235. The monoisotopic (exact) mass is 286 g/mol. The van der Waals surface area contributed by atoms with Crippen molar-refractivity contribution in [2.45, 2.75) is 25.8 Å². The average molecular weight is 287 g/mol. The molecule has 0 aliphatic carbocycles. The third kappa shape index (κ3) is 4.48. The van der Waals surface area contributed by atoms with Crippen LogP contribution in [0.2, 0.25) is 0 Å². The number of hydrogen-bond acceptors (Lipinski definition) is 2. The van der Waals surface area contributed by atoms with Crippen molar-refractivity contribution in [1.82, 2.24) is 10.2 Å². The summed E-state index contributed by atoms with van der Waals surface area (Å²) in [6, 6.07) is 6.62. The number of carbonyl (C=O) groups is 1. The van der Waals surface area contributed by atoms with Crippen molar-refractivity contribution < 1.29 is 9.18 Å². The lowest BCUT2D eigenvalue weighted by Crippen LogP contribution is -2.52. The van der Waals surface area contributed by atoms with Gasteiger partial charge in [0, 0.05) is 32.1 Å². The van der Waals surface area contributed by atoms with Crippen LogP contribution in [0.25, 0.3) is 0 Å². The zero-order valence-corrected chi connectivity index (χ0v) is 11.9. The summed E-state index contributed by atoms with van der Waals surface area (Å²) in [6.07, 6.45) is 1.17. The third-order valence-corrected chi connectivity index (χ3v) is 3.36. The van der Waals surface area contributed by atoms with Crippen LogP contribution in [-0.2, 0) is 11.2 Å². The number of rotatable bonds is 3. The molecule has 106 valence electrons. The fourth-order valence-electron chi connectivity index (χ4n) is 2.26. The van der Waals surface area contributed by atoms with E-state index in [1.54, 1.807) is 12.1 Å². The Bertz CT molecular complexity index is 410. The van der Waals surface area contributed by atoms with E-state index in [1.807, 2.05) is 4.90 Å². The molecule has 3 nitrogen and oxygen atoms in total. The summed E-state index contributed by atoms with van der Waals surface area (Å²) in [5.74, 6) is -0.0471. The third-order valence-electron chi connectivity index (χ3n) is 3.36. The minimum Gasteiger partial charge on any atom is -0.337 e. The van der Waals surface area contributed by atoms with E-state index in [0.29, 0.717) is 12.8 Å². The highest BCUT2D eigenvalue weighted by molar-refractivity contribution is 5.85. The van der Waals surface area contributed by atoms with Gasteiger partial charge in [-0.3, -0.25) is 4.79 Å². The summed E-state index contributed by atoms with van der Waals surface area (Å²) in [4.78, 5) is 14.0. The van der Waals surface area contributed by atoms with E-state index in [-0.39, 0.29) is 30.2 Å². The highest BCUT2D eigenvalue weighted by Crippen LogP contribution is 2.09. The minimum absolute atomic E-state index is 0. The predicted molar refractivity (Wildman–Crippen MR) is 76.0 cm³/mol. The molecule has 1 aromatic rings. The number of amides is 1. The topological polar surface area (TPSA) is 32.3 Å². The molecule has 1 aliphatic rings. The van der Waals surface area contributed by atoms with Gasteiger partial charge in [0.25, 0.3) is 0 Å². The maximum Gasteiger partial charge on any atom is 0.223 e. The molecule has 0 bridgehead atoms. The normalized spacial score (nSPS) is 18.8. The molecule has 1 aliphatic heterocycles. The predicted octanol–water partition coefficient (Wildman–Crippen LogP) is 2.00. The number of nitrogens with one attached hydrogen (secondary N) is 1. The van der Waals surface area contributed by atoms with Crippen molar-refractivity contribution in [1.29, 1.82) is 0 Å². The van der Waals surface area contributed by atoms with Gasteiger partial charge in [-0.25, -0.2) is 4.39 Å². The fraction of sp³-hybridized carbons (Fsp3) is 0.500. The van der Waals surface area contributed by atoms with Crippen LogP contribution in [0.1, 0.15) is 18.9 Å². The molecular formula is C14H20ClFN2O. The molecule has 5 heteroatoms. The standard InChI is InChI=1S/C14H19FN2O.ClH/c1-11-10-16-8-9-17(11)14(18)7-4-12-2-5-13(15)6-3-12;/h2-3,5-6,11,16H,4,7-10H2,1H3;1H/t11-;/m1./s1. The number of piperazine rings is 1. The molecular weight excluding hydrogens is 267 g/mol. The van der Waals surface area contributed by atoms with Crippen molar-refractivity contribution in [2.75, 3.05) is 19.6 Å². The molecule has 1 saturated heterocycles. The van der Waals surface area contributed by atoms with Gasteiger partial charge in [0.2, 0.25) is 5.91 Å².